The lowest BCUT2D eigenvalue weighted by Gasteiger charge is -2.07. The highest BCUT2D eigenvalue weighted by Gasteiger charge is 2.13. The topological polar surface area (TPSA) is 98.0 Å². The maximum Gasteiger partial charge on any atom is 0.240 e. The van der Waals surface area contributed by atoms with Crippen LogP contribution >= 0.6 is 0 Å². The van der Waals surface area contributed by atoms with Gasteiger partial charge in [0.05, 0.1) is 17.1 Å². The summed E-state index contributed by atoms with van der Waals surface area (Å²) < 4.78 is 26.7. The third-order valence-corrected chi connectivity index (χ3v) is 4.15. The minimum atomic E-state index is -3.54. The van der Waals surface area contributed by atoms with Crippen LogP contribution in [0.15, 0.2) is 47.5 Å². The molecule has 0 unspecified atom stereocenters. The predicted octanol–water partition coefficient (Wildman–Crippen LogP) is 0.456. The van der Waals surface area contributed by atoms with Gasteiger partial charge in [-0.25, -0.2) is 13.1 Å². The van der Waals surface area contributed by atoms with E-state index in [1.165, 1.54) is 6.20 Å². The smallest absolute Gasteiger partial charge is 0.240 e. The number of sulfonamides is 1. The van der Waals surface area contributed by atoms with Gasteiger partial charge in [0.2, 0.25) is 10.0 Å². The van der Waals surface area contributed by atoms with Crippen molar-refractivity contribution in [2.45, 2.75) is 17.9 Å². The number of nitrogens with zero attached hydrogens (tertiary/aromatic N) is 2. The molecule has 0 saturated carbocycles. The van der Waals surface area contributed by atoms with Crippen molar-refractivity contribution in [2.75, 3.05) is 6.54 Å². The van der Waals surface area contributed by atoms with Crippen molar-refractivity contribution >= 4 is 10.0 Å². The Kier molecular flexibility index (Phi) is 4.78. The fourth-order valence-electron chi connectivity index (χ4n) is 1.68. The van der Waals surface area contributed by atoms with Gasteiger partial charge in [-0.15, -0.1) is 0 Å². The van der Waals surface area contributed by atoms with Crippen molar-refractivity contribution in [3.8, 4) is 0 Å². The number of rotatable bonds is 6. The van der Waals surface area contributed by atoms with Gasteiger partial charge in [-0.3, -0.25) is 0 Å². The summed E-state index contributed by atoms with van der Waals surface area (Å²) in [5, 5.41) is 7.52. The van der Waals surface area contributed by atoms with E-state index >= 15 is 0 Å². The van der Waals surface area contributed by atoms with Gasteiger partial charge in [0.25, 0.3) is 0 Å². The predicted molar refractivity (Wildman–Crippen MR) is 75.3 cm³/mol. The maximum absolute atomic E-state index is 12.1. The Balaban J connectivity index is 2.06. The highest BCUT2D eigenvalue weighted by molar-refractivity contribution is 7.89. The Hall–Kier alpha value is -1.83. The molecule has 1 heterocycles. The van der Waals surface area contributed by atoms with Crippen LogP contribution in [-0.2, 0) is 23.0 Å². The molecular weight excluding hydrogens is 276 g/mol. The lowest BCUT2D eigenvalue weighted by molar-refractivity contribution is 0.580. The number of nitrogens with two attached hydrogens (primary N) is 1. The third kappa shape index (κ3) is 3.83. The van der Waals surface area contributed by atoms with Crippen LogP contribution in [0.2, 0.25) is 0 Å². The Morgan fingerprint density at radius 1 is 1.15 bits per heavy atom. The minimum Gasteiger partial charge on any atom is -0.330 e. The van der Waals surface area contributed by atoms with E-state index in [2.05, 4.69) is 14.9 Å². The third-order valence-electron chi connectivity index (χ3n) is 2.74. The average Bonchev–Trinajstić information content (AvgIpc) is 2.47. The summed E-state index contributed by atoms with van der Waals surface area (Å²) in [6.07, 6.45) is 2.27. The summed E-state index contributed by atoms with van der Waals surface area (Å²) >= 11 is 0. The SMILES string of the molecule is NCCc1ccc(S(=O)(=O)NCc2cccnn2)cc1. The second kappa shape index (κ2) is 6.56. The molecule has 2 aromatic rings. The van der Waals surface area contributed by atoms with Crippen LogP contribution in [0.5, 0.6) is 0 Å². The van der Waals surface area contributed by atoms with Gasteiger partial charge in [-0.2, -0.15) is 10.2 Å². The summed E-state index contributed by atoms with van der Waals surface area (Å²) in [7, 11) is -3.54. The van der Waals surface area contributed by atoms with Crippen molar-refractivity contribution < 1.29 is 8.42 Å². The minimum absolute atomic E-state index is 0.112. The van der Waals surface area contributed by atoms with E-state index in [0.717, 1.165) is 12.0 Å². The second-order valence-corrected chi connectivity index (χ2v) is 5.99. The largest absolute Gasteiger partial charge is 0.330 e. The van der Waals surface area contributed by atoms with Gasteiger partial charge in [0.15, 0.2) is 0 Å². The molecular formula is C13H16N4O2S. The van der Waals surface area contributed by atoms with Gasteiger partial charge in [0.1, 0.15) is 0 Å². The molecule has 0 atom stereocenters. The van der Waals surface area contributed by atoms with Crippen LogP contribution in [0.3, 0.4) is 0 Å². The molecule has 0 amide bonds. The molecule has 1 aromatic carbocycles. The van der Waals surface area contributed by atoms with E-state index in [0.29, 0.717) is 12.2 Å². The fraction of sp³-hybridized carbons (Fsp3) is 0.231. The average molecular weight is 292 g/mol. The van der Waals surface area contributed by atoms with Gasteiger partial charge >= 0.3 is 0 Å². The van der Waals surface area contributed by atoms with Gasteiger partial charge in [0, 0.05) is 6.20 Å². The number of hydrogen-bond donors (Lipinski definition) is 2. The molecule has 0 spiro atoms. The Bertz CT molecular complexity index is 642. The van der Waals surface area contributed by atoms with E-state index in [4.69, 9.17) is 5.73 Å². The van der Waals surface area contributed by atoms with Crippen LogP contribution < -0.4 is 10.5 Å². The van der Waals surface area contributed by atoms with Gasteiger partial charge in [-0.05, 0) is 42.8 Å². The van der Waals surface area contributed by atoms with Crippen LogP contribution in [-0.4, -0.2) is 25.2 Å². The Morgan fingerprint density at radius 3 is 2.50 bits per heavy atom. The summed E-state index contributed by atoms with van der Waals surface area (Å²) in [4.78, 5) is 0.224. The number of benzene rings is 1. The van der Waals surface area contributed by atoms with Crippen LogP contribution in [0.25, 0.3) is 0 Å². The highest BCUT2D eigenvalue weighted by atomic mass is 32.2. The lowest BCUT2D eigenvalue weighted by Crippen LogP contribution is -2.23. The summed E-state index contributed by atoms with van der Waals surface area (Å²) in [6.45, 7) is 0.651. The van der Waals surface area contributed by atoms with Gasteiger partial charge in [-0.1, -0.05) is 12.1 Å². The maximum atomic E-state index is 12.1. The molecule has 0 saturated heterocycles. The molecule has 7 heteroatoms. The van der Waals surface area contributed by atoms with E-state index in [1.54, 1.807) is 36.4 Å². The molecule has 0 fully saturated rings. The molecule has 3 N–H and O–H groups in total. The molecule has 0 aliphatic rings. The first kappa shape index (κ1) is 14.6. The van der Waals surface area contributed by atoms with Crippen LogP contribution in [0.4, 0.5) is 0 Å². The first-order valence-electron chi connectivity index (χ1n) is 6.17. The number of hydrogen-bond acceptors (Lipinski definition) is 5. The second-order valence-electron chi connectivity index (χ2n) is 4.22. The molecule has 0 bridgehead atoms. The van der Waals surface area contributed by atoms with Crippen molar-refractivity contribution in [1.82, 2.24) is 14.9 Å². The molecule has 0 aliphatic heterocycles. The van der Waals surface area contributed by atoms with Gasteiger partial charge < -0.3 is 5.73 Å². The first-order valence-corrected chi connectivity index (χ1v) is 7.65. The molecule has 2 rings (SSSR count). The standard InChI is InChI=1S/C13H16N4O2S/c14-8-7-11-3-5-13(6-4-11)20(18,19)16-10-12-2-1-9-15-17-12/h1-6,9,16H,7-8,10,14H2. The molecule has 1 aromatic heterocycles. The lowest BCUT2D eigenvalue weighted by atomic mass is 10.2. The van der Waals surface area contributed by atoms with Crippen molar-refractivity contribution in [3.05, 3.63) is 53.9 Å². The summed E-state index contributed by atoms with van der Waals surface area (Å²) in [6, 6.07) is 10.1. The van der Waals surface area contributed by atoms with Crippen LogP contribution in [0.1, 0.15) is 11.3 Å². The van der Waals surface area contributed by atoms with E-state index in [9.17, 15) is 8.42 Å². The monoisotopic (exact) mass is 292 g/mol. The van der Waals surface area contributed by atoms with Crippen LogP contribution in [0, 0.1) is 0 Å². The Labute approximate surface area is 118 Å². The normalized spacial score (nSPS) is 11.4. The molecule has 0 radical (unpaired) electrons. The van der Waals surface area contributed by atoms with E-state index in [-0.39, 0.29) is 11.4 Å². The fourth-order valence-corrected chi connectivity index (χ4v) is 2.68. The number of aromatic nitrogens is 2. The zero-order valence-electron chi connectivity index (χ0n) is 10.9. The number of nitrogens with one attached hydrogen (secondary N) is 1. The zero-order chi connectivity index (χ0) is 14.4. The van der Waals surface area contributed by atoms with E-state index in [1.807, 2.05) is 0 Å². The summed E-state index contributed by atoms with van der Waals surface area (Å²) in [5.74, 6) is 0. The molecule has 20 heavy (non-hydrogen) atoms. The summed E-state index contributed by atoms with van der Waals surface area (Å²) in [5.41, 5.74) is 7.03. The van der Waals surface area contributed by atoms with Crippen molar-refractivity contribution in [2.24, 2.45) is 5.73 Å². The molecule has 106 valence electrons. The van der Waals surface area contributed by atoms with Crippen molar-refractivity contribution in [1.29, 1.82) is 0 Å². The zero-order valence-corrected chi connectivity index (χ0v) is 11.7. The first-order chi connectivity index (χ1) is 9.62. The highest BCUT2D eigenvalue weighted by Crippen LogP contribution is 2.11. The molecule has 0 aliphatic carbocycles. The Morgan fingerprint density at radius 2 is 1.90 bits per heavy atom. The molecule has 6 nitrogen and oxygen atoms in total. The van der Waals surface area contributed by atoms with Crippen molar-refractivity contribution in [3.63, 3.8) is 0 Å². The quantitative estimate of drug-likeness (QED) is 0.806. The van der Waals surface area contributed by atoms with E-state index < -0.39 is 10.0 Å².